The van der Waals surface area contributed by atoms with Gasteiger partial charge < -0.3 is 4.74 Å². The Morgan fingerprint density at radius 2 is 1.71 bits per heavy atom. The van der Waals surface area contributed by atoms with Crippen LogP contribution in [0.5, 0.6) is 5.75 Å². The number of hydrogen-bond donors (Lipinski definition) is 0. The molecule has 0 bridgehead atoms. The largest absolute Gasteiger partial charge is 0.490 e. The predicted molar refractivity (Wildman–Crippen MR) is 114 cm³/mol. The second-order valence-electron chi connectivity index (χ2n) is 8.45. The summed E-state index contributed by atoms with van der Waals surface area (Å²) in [6, 6.07) is 9.26. The molecule has 5 nitrogen and oxygen atoms in total. The lowest BCUT2D eigenvalue weighted by Crippen LogP contribution is -2.25. The summed E-state index contributed by atoms with van der Waals surface area (Å²) in [5, 5.41) is 9.78. The zero-order chi connectivity index (χ0) is 21.5. The summed E-state index contributed by atoms with van der Waals surface area (Å²) in [5.41, 5.74) is 2.23. The molecule has 162 valence electrons. The Kier molecular flexibility index (Phi) is 5.40. The molecule has 1 aliphatic carbocycles. The van der Waals surface area contributed by atoms with Crippen molar-refractivity contribution in [1.29, 1.82) is 0 Å². The lowest BCUT2D eigenvalue weighted by atomic mass is 9.86. The molecule has 8 heteroatoms. The van der Waals surface area contributed by atoms with Crippen molar-refractivity contribution < 1.29 is 13.5 Å². The van der Waals surface area contributed by atoms with Crippen molar-refractivity contribution in [1.82, 2.24) is 19.7 Å². The zero-order valence-electron chi connectivity index (χ0n) is 17.2. The molecule has 1 aliphatic heterocycles. The van der Waals surface area contributed by atoms with Gasteiger partial charge in [0.25, 0.3) is 0 Å². The Morgan fingerprint density at radius 3 is 2.45 bits per heavy atom. The van der Waals surface area contributed by atoms with Crippen molar-refractivity contribution in [2.75, 3.05) is 7.05 Å². The number of fused-ring (bicyclic) bond motifs is 3. The maximum absolute atomic E-state index is 13.4. The molecule has 0 spiro atoms. The van der Waals surface area contributed by atoms with E-state index in [0.717, 1.165) is 66.2 Å². The van der Waals surface area contributed by atoms with Gasteiger partial charge in [-0.3, -0.25) is 9.47 Å². The molecular formula is C23H23ClF2N4O. The second-order valence-corrected chi connectivity index (χ2v) is 8.89. The van der Waals surface area contributed by atoms with Crippen LogP contribution in [-0.4, -0.2) is 32.8 Å². The molecule has 2 heterocycles. The van der Waals surface area contributed by atoms with Gasteiger partial charge in [-0.2, -0.15) is 0 Å². The molecule has 1 fully saturated rings. The minimum Gasteiger partial charge on any atom is -0.490 e. The third kappa shape index (κ3) is 4.16. The Morgan fingerprint density at radius 1 is 0.968 bits per heavy atom. The third-order valence-electron chi connectivity index (χ3n) is 6.07. The van der Waals surface area contributed by atoms with Gasteiger partial charge in [0.15, 0.2) is 5.82 Å². The SMILES string of the molecule is CN1Cc2cc(Cl)ccc2-n2c(nnc2C2CCC(Oc3cc(F)cc(F)c3)CC2)C1. The predicted octanol–water partition coefficient (Wildman–Crippen LogP) is 5.25. The van der Waals surface area contributed by atoms with Crippen LogP contribution in [0.15, 0.2) is 36.4 Å². The van der Waals surface area contributed by atoms with Crippen LogP contribution in [0, 0.1) is 11.6 Å². The normalized spacial score (nSPS) is 21.3. The van der Waals surface area contributed by atoms with Crippen LogP contribution >= 0.6 is 11.6 Å². The van der Waals surface area contributed by atoms with E-state index in [1.165, 1.54) is 12.1 Å². The summed E-state index contributed by atoms with van der Waals surface area (Å²) in [5.74, 6) is 1.12. The molecule has 0 atom stereocenters. The first kappa shape index (κ1) is 20.4. The van der Waals surface area contributed by atoms with Gasteiger partial charge in [0.1, 0.15) is 23.2 Å². The summed E-state index contributed by atoms with van der Waals surface area (Å²) < 4.78 is 34.9. The lowest BCUT2D eigenvalue weighted by molar-refractivity contribution is 0.143. The van der Waals surface area contributed by atoms with Gasteiger partial charge in [-0.25, -0.2) is 8.78 Å². The van der Waals surface area contributed by atoms with E-state index in [1.54, 1.807) is 0 Å². The molecule has 1 aromatic heterocycles. The van der Waals surface area contributed by atoms with Gasteiger partial charge in [-0.1, -0.05) is 11.6 Å². The van der Waals surface area contributed by atoms with E-state index < -0.39 is 11.6 Å². The van der Waals surface area contributed by atoms with Crippen molar-refractivity contribution >= 4 is 11.6 Å². The maximum Gasteiger partial charge on any atom is 0.151 e. The van der Waals surface area contributed by atoms with E-state index >= 15 is 0 Å². The molecule has 2 aromatic carbocycles. The first-order valence-electron chi connectivity index (χ1n) is 10.5. The summed E-state index contributed by atoms with van der Waals surface area (Å²) in [7, 11) is 2.06. The van der Waals surface area contributed by atoms with Gasteiger partial charge >= 0.3 is 0 Å². The minimum atomic E-state index is -0.626. The van der Waals surface area contributed by atoms with Gasteiger partial charge in [-0.15, -0.1) is 10.2 Å². The quantitative estimate of drug-likeness (QED) is 0.553. The monoisotopic (exact) mass is 444 g/mol. The van der Waals surface area contributed by atoms with Gasteiger partial charge in [0.2, 0.25) is 0 Å². The molecule has 1 saturated carbocycles. The highest BCUT2D eigenvalue weighted by atomic mass is 35.5. The number of rotatable bonds is 3. The fourth-order valence-electron chi connectivity index (χ4n) is 4.67. The lowest BCUT2D eigenvalue weighted by Gasteiger charge is -2.29. The Bertz CT molecular complexity index is 1090. The number of ether oxygens (including phenoxy) is 1. The third-order valence-corrected chi connectivity index (χ3v) is 6.30. The number of aromatic nitrogens is 3. The standard InChI is InChI=1S/C23H23ClF2N4O/c1-29-12-15-8-16(24)4-7-21(15)30-22(13-29)27-28-23(30)14-2-5-19(6-3-14)31-20-10-17(25)9-18(26)11-20/h4,7-11,14,19H,2-3,5-6,12-13H2,1H3. The summed E-state index contributed by atoms with van der Waals surface area (Å²) in [4.78, 5) is 2.20. The van der Waals surface area contributed by atoms with Gasteiger partial charge in [-0.05, 0) is 56.5 Å². The minimum absolute atomic E-state index is 0.0683. The van der Waals surface area contributed by atoms with Crippen molar-refractivity contribution in [3.63, 3.8) is 0 Å². The Balaban J connectivity index is 1.36. The van der Waals surface area contributed by atoms with Crippen molar-refractivity contribution in [3.8, 4) is 11.4 Å². The Labute approximate surface area is 184 Å². The van der Waals surface area contributed by atoms with Crippen LogP contribution in [0.2, 0.25) is 5.02 Å². The van der Waals surface area contributed by atoms with Crippen LogP contribution in [0.25, 0.3) is 5.69 Å². The van der Waals surface area contributed by atoms with E-state index in [4.69, 9.17) is 16.3 Å². The number of nitrogens with zero attached hydrogens (tertiary/aromatic N) is 4. The van der Waals surface area contributed by atoms with E-state index in [9.17, 15) is 8.78 Å². The van der Waals surface area contributed by atoms with E-state index in [0.29, 0.717) is 6.54 Å². The van der Waals surface area contributed by atoms with Crippen molar-refractivity contribution in [3.05, 3.63) is 70.3 Å². The molecule has 0 N–H and O–H groups in total. The maximum atomic E-state index is 13.4. The molecule has 0 saturated heterocycles. The second kappa shape index (κ2) is 8.20. The van der Waals surface area contributed by atoms with E-state index in [-0.39, 0.29) is 17.8 Å². The van der Waals surface area contributed by atoms with Crippen molar-refractivity contribution in [2.45, 2.75) is 50.8 Å². The highest BCUT2D eigenvalue weighted by Crippen LogP contribution is 2.37. The molecule has 31 heavy (non-hydrogen) atoms. The molecular weight excluding hydrogens is 422 g/mol. The molecule has 5 rings (SSSR count). The zero-order valence-corrected chi connectivity index (χ0v) is 17.9. The number of halogens is 3. The highest BCUT2D eigenvalue weighted by Gasteiger charge is 2.30. The van der Waals surface area contributed by atoms with E-state index in [1.807, 2.05) is 18.2 Å². The fourth-order valence-corrected chi connectivity index (χ4v) is 4.87. The number of hydrogen-bond acceptors (Lipinski definition) is 4. The van der Waals surface area contributed by atoms with Crippen LogP contribution in [0.4, 0.5) is 8.78 Å². The molecule has 0 radical (unpaired) electrons. The average molecular weight is 445 g/mol. The first-order valence-corrected chi connectivity index (χ1v) is 10.9. The Hall–Kier alpha value is -2.51. The molecule has 0 amide bonds. The molecule has 0 unspecified atom stereocenters. The summed E-state index contributed by atoms with van der Waals surface area (Å²) in [6.45, 7) is 1.51. The summed E-state index contributed by atoms with van der Waals surface area (Å²) >= 11 is 6.25. The van der Waals surface area contributed by atoms with Crippen LogP contribution in [0.3, 0.4) is 0 Å². The van der Waals surface area contributed by atoms with Gasteiger partial charge in [0, 0.05) is 35.7 Å². The van der Waals surface area contributed by atoms with Crippen LogP contribution < -0.4 is 4.74 Å². The fraction of sp³-hybridized carbons (Fsp3) is 0.391. The van der Waals surface area contributed by atoms with E-state index in [2.05, 4.69) is 26.7 Å². The summed E-state index contributed by atoms with van der Waals surface area (Å²) in [6.07, 6.45) is 3.26. The molecule has 3 aromatic rings. The number of benzene rings is 2. The van der Waals surface area contributed by atoms with Crippen molar-refractivity contribution in [2.24, 2.45) is 0 Å². The topological polar surface area (TPSA) is 43.2 Å². The van der Waals surface area contributed by atoms with Gasteiger partial charge in [0.05, 0.1) is 18.3 Å². The van der Waals surface area contributed by atoms with Crippen LogP contribution in [0.1, 0.15) is 48.8 Å². The first-order chi connectivity index (χ1) is 15.0. The smallest absolute Gasteiger partial charge is 0.151 e. The van der Waals surface area contributed by atoms with Crippen LogP contribution in [-0.2, 0) is 13.1 Å². The molecule has 2 aliphatic rings. The average Bonchev–Trinajstić information content (AvgIpc) is 3.05. The highest BCUT2D eigenvalue weighted by molar-refractivity contribution is 6.30.